The summed E-state index contributed by atoms with van der Waals surface area (Å²) in [4.78, 5) is 22.3. The Balaban J connectivity index is 1.58. The molecule has 1 N–H and O–H groups in total. The molecule has 9 nitrogen and oxygen atoms in total. The number of H-pyrrole nitrogens is 1. The van der Waals surface area contributed by atoms with Gasteiger partial charge in [0.05, 0.1) is 43.3 Å². The number of benzene rings is 1. The maximum Gasteiger partial charge on any atom is 0.409 e. The summed E-state index contributed by atoms with van der Waals surface area (Å²) < 4.78 is 43.3. The Morgan fingerprint density at radius 1 is 1.23 bits per heavy atom. The van der Waals surface area contributed by atoms with E-state index in [0.717, 1.165) is 5.56 Å². The van der Waals surface area contributed by atoms with Gasteiger partial charge in [0, 0.05) is 24.7 Å². The zero-order valence-corrected chi connectivity index (χ0v) is 19.5. The molecule has 4 aromatic rings. The number of ether oxygens (including phenoxy) is 2. The Hall–Kier alpha value is -3.86. The summed E-state index contributed by atoms with van der Waals surface area (Å²) in [6.07, 6.45) is 1.26. The quantitative estimate of drug-likeness (QED) is 0.477. The molecule has 1 saturated heterocycles. The van der Waals surface area contributed by atoms with Crippen LogP contribution in [0.2, 0.25) is 0 Å². The van der Waals surface area contributed by atoms with Crippen LogP contribution in [0.5, 0.6) is 0 Å². The highest BCUT2D eigenvalue weighted by Crippen LogP contribution is 2.33. The number of aromatic nitrogens is 5. The van der Waals surface area contributed by atoms with Crippen molar-refractivity contribution >= 4 is 11.7 Å². The van der Waals surface area contributed by atoms with Crippen LogP contribution >= 0.6 is 0 Å². The molecule has 35 heavy (non-hydrogen) atoms. The molecule has 0 bridgehead atoms. The lowest BCUT2D eigenvalue weighted by Gasteiger charge is -2.32. The Bertz CT molecular complexity index is 1390. The standard InChI is InChI=1S/C24H24F2N6O3/c1-13-4-5-32-19(11-16-12-31(6-7-35-16)24(33)34-3)22(28-20(32)8-13)21-17(25)9-15(10-18(21)26)23-27-14(2)29-30-23/h4-5,8-10,16H,6-7,11-12H2,1-3H3,(H,27,29,30)/t16-/m0/s1. The van der Waals surface area contributed by atoms with E-state index in [-0.39, 0.29) is 29.1 Å². The fraction of sp³-hybridized carbons (Fsp3) is 0.333. The lowest BCUT2D eigenvalue weighted by molar-refractivity contribution is -0.0241. The smallest absolute Gasteiger partial charge is 0.409 e. The first-order valence-corrected chi connectivity index (χ1v) is 11.1. The van der Waals surface area contributed by atoms with Crippen LogP contribution in [0.1, 0.15) is 17.1 Å². The minimum atomic E-state index is -0.774. The summed E-state index contributed by atoms with van der Waals surface area (Å²) >= 11 is 0. The zero-order valence-electron chi connectivity index (χ0n) is 19.5. The van der Waals surface area contributed by atoms with E-state index in [2.05, 4.69) is 20.2 Å². The van der Waals surface area contributed by atoms with Gasteiger partial charge >= 0.3 is 6.09 Å². The molecule has 182 valence electrons. The summed E-state index contributed by atoms with van der Waals surface area (Å²) in [5, 5.41) is 6.66. The van der Waals surface area contributed by atoms with E-state index in [0.29, 0.717) is 36.9 Å². The van der Waals surface area contributed by atoms with Crippen LogP contribution in [0.15, 0.2) is 30.5 Å². The lowest BCUT2D eigenvalue weighted by Crippen LogP contribution is -2.46. The number of hydrogen-bond acceptors (Lipinski definition) is 6. The summed E-state index contributed by atoms with van der Waals surface area (Å²) in [5.74, 6) is -0.804. The largest absolute Gasteiger partial charge is 0.453 e. The molecule has 1 aliphatic heterocycles. The number of rotatable bonds is 4. The molecule has 0 aliphatic carbocycles. The van der Waals surface area contributed by atoms with Gasteiger partial charge in [-0.15, -0.1) is 0 Å². The van der Waals surface area contributed by atoms with Crippen molar-refractivity contribution in [1.82, 2.24) is 29.5 Å². The number of nitrogens with one attached hydrogen (secondary N) is 1. The van der Waals surface area contributed by atoms with Crippen LogP contribution in [0, 0.1) is 25.5 Å². The van der Waals surface area contributed by atoms with E-state index in [1.54, 1.807) is 16.2 Å². The molecule has 0 unspecified atom stereocenters. The average Bonchev–Trinajstić information content (AvgIpc) is 3.41. The van der Waals surface area contributed by atoms with Crippen molar-refractivity contribution in [3.8, 4) is 22.6 Å². The van der Waals surface area contributed by atoms with Crippen LogP contribution in [0.4, 0.5) is 13.6 Å². The van der Waals surface area contributed by atoms with Gasteiger partial charge in [0.1, 0.15) is 23.1 Å². The second kappa shape index (κ2) is 9.06. The number of carbonyl (C=O) groups is 1. The van der Waals surface area contributed by atoms with Crippen molar-refractivity contribution in [2.75, 3.05) is 26.8 Å². The number of carbonyl (C=O) groups excluding carboxylic acids is 1. The minimum Gasteiger partial charge on any atom is -0.453 e. The second-order valence-corrected chi connectivity index (χ2v) is 8.51. The number of hydrogen-bond donors (Lipinski definition) is 1. The molecule has 4 heterocycles. The lowest BCUT2D eigenvalue weighted by atomic mass is 10.0. The van der Waals surface area contributed by atoms with Crippen LogP contribution in [0.25, 0.3) is 28.3 Å². The van der Waals surface area contributed by atoms with Gasteiger partial charge in [-0.1, -0.05) is 0 Å². The number of methoxy groups -OCH3 is 1. The van der Waals surface area contributed by atoms with E-state index < -0.39 is 23.8 Å². The van der Waals surface area contributed by atoms with E-state index in [9.17, 15) is 4.79 Å². The Morgan fingerprint density at radius 2 is 2.00 bits per heavy atom. The molecule has 3 aromatic heterocycles. The average molecular weight is 482 g/mol. The molecule has 11 heteroatoms. The minimum absolute atomic E-state index is 0.183. The normalized spacial score (nSPS) is 16.1. The number of morpholine rings is 1. The highest BCUT2D eigenvalue weighted by Gasteiger charge is 2.29. The number of halogens is 2. The Morgan fingerprint density at radius 3 is 2.69 bits per heavy atom. The highest BCUT2D eigenvalue weighted by molar-refractivity contribution is 5.71. The number of aryl methyl sites for hydroxylation is 2. The summed E-state index contributed by atoms with van der Waals surface area (Å²) in [5.41, 5.74) is 2.26. The maximum atomic E-state index is 15.4. The number of aromatic amines is 1. The Kier molecular flexibility index (Phi) is 5.93. The van der Waals surface area contributed by atoms with Crippen molar-refractivity contribution in [2.45, 2.75) is 26.4 Å². The van der Waals surface area contributed by atoms with E-state index in [4.69, 9.17) is 9.47 Å². The topological polar surface area (TPSA) is 97.6 Å². The molecule has 1 atom stereocenters. The third kappa shape index (κ3) is 4.34. The van der Waals surface area contributed by atoms with Crippen molar-refractivity contribution in [1.29, 1.82) is 0 Å². The van der Waals surface area contributed by atoms with Gasteiger partial charge in [-0.05, 0) is 43.7 Å². The van der Waals surface area contributed by atoms with E-state index in [1.807, 2.05) is 25.3 Å². The molecule has 1 aromatic carbocycles. The van der Waals surface area contributed by atoms with Gasteiger partial charge in [-0.2, -0.15) is 5.10 Å². The number of nitrogens with zero attached hydrogens (tertiary/aromatic N) is 5. The van der Waals surface area contributed by atoms with Crippen molar-refractivity contribution in [3.63, 3.8) is 0 Å². The summed E-state index contributed by atoms with van der Waals surface area (Å²) in [7, 11) is 1.33. The fourth-order valence-electron chi connectivity index (χ4n) is 4.35. The van der Waals surface area contributed by atoms with Crippen molar-refractivity contribution in [2.24, 2.45) is 0 Å². The van der Waals surface area contributed by atoms with E-state index >= 15 is 8.78 Å². The summed E-state index contributed by atoms with van der Waals surface area (Å²) in [6.45, 7) is 4.66. The molecule has 5 rings (SSSR count). The summed E-state index contributed by atoms with van der Waals surface area (Å²) in [6, 6.07) is 6.15. The van der Waals surface area contributed by atoms with Gasteiger partial charge in [-0.25, -0.2) is 23.5 Å². The predicted molar refractivity (Wildman–Crippen MR) is 123 cm³/mol. The maximum absolute atomic E-state index is 15.4. The Labute approximate surface area is 199 Å². The van der Waals surface area contributed by atoms with Gasteiger partial charge in [0.25, 0.3) is 0 Å². The molecule has 1 fully saturated rings. The SMILES string of the molecule is COC(=O)N1CCO[C@@H](Cc2c(-c3c(F)cc(-c4n[nH]c(C)n4)cc3F)nc3cc(C)ccn23)C1. The number of amides is 1. The zero-order chi connectivity index (χ0) is 24.7. The number of imidazole rings is 1. The highest BCUT2D eigenvalue weighted by atomic mass is 19.1. The van der Waals surface area contributed by atoms with Gasteiger partial charge in [-0.3, -0.25) is 5.10 Å². The van der Waals surface area contributed by atoms with Crippen molar-refractivity contribution < 1.29 is 23.0 Å². The predicted octanol–water partition coefficient (Wildman–Crippen LogP) is 3.69. The molecule has 1 aliphatic rings. The number of pyridine rings is 1. The van der Waals surface area contributed by atoms with E-state index in [1.165, 1.54) is 19.2 Å². The van der Waals surface area contributed by atoms with Gasteiger partial charge < -0.3 is 18.8 Å². The monoisotopic (exact) mass is 482 g/mol. The van der Waals surface area contributed by atoms with Crippen LogP contribution < -0.4 is 0 Å². The van der Waals surface area contributed by atoms with Crippen LogP contribution in [0.3, 0.4) is 0 Å². The van der Waals surface area contributed by atoms with Gasteiger partial charge in [0.2, 0.25) is 0 Å². The first kappa shape index (κ1) is 22.9. The first-order valence-electron chi connectivity index (χ1n) is 11.1. The van der Waals surface area contributed by atoms with Crippen molar-refractivity contribution in [3.05, 3.63) is 59.2 Å². The molecule has 0 radical (unpaired) electrons. The molecular weight excluding hydrogens is 458 g/mol. The fourth-order valence-corrected chi connectivity index (χ4v) is 4.35. The molecule has 1 amide bonds. The molecule has 0 spiro atoms. The van der Waals surface area contributed by atoms with Gasteiger partial charge in [0.15, 0.2) is 5.82 Å². The third-order valence-electron chi connectivity index (χ3n) is 6.01. The molecular formula is C24H24F2N6O3. The first-order chi connectivity index (χ1) is 16.8. The number of fused-ring (bicyclic) bond motifs is 1. The van der Waals surface area contributed by atoms with Crippen LogP contribution in [-0.4, -0.2) is 68.5 Å². The second-order valence-electron chi connectivity index (χ2n) is 8.51. The van der Waals surface area contributed by atoms with Crippen LogP contribution in [-0.2, 0) is 15.9 Å². The third-order valence-corrected chi connectivity index (χ3v) is 6.01. The molecule has 0 saturated carbocycles.